The second-order valence-electron chi connectivity index (χ2n) is 5.14. The second kappa shape index (κ2) is 5.81. The molecule has 3 amide bonds. The third kappa shape index (κ3) is 2.46. The van der Waals surface area contributed by atoms with E-state index in [1.807, 2.05) is 0 Å². The molecule has 1 heterocycles. The van der Waals surface area contributed by atoms with Crippen LogP contribution in [0.15, 0.2) is 24.3 Å². The fourth-order valence-corrected chi connectivity index (χ4v) is 2.58. The van der Waals surface area contributed by atoms with Gasteiger partial charge in [-0.2, -0.15) is 0 Å². The number of hydrogen-bond donors (Lipinski definition) is 2. The zero-order valence-corrected chi connectivity index (χ0v) is 12.8. The molecule has 1 aromatic carbocycles. The molecule has 1 aliphatic heterocycles. The van der Waals surface area contributed by atoms with Crippen LogP contribution in [0.5, 0.6) is 0 Å². The molecule has 0 bridgehead atoms. The summed E-state index contributed by atoms with van der Waals surface area (Å²) >= 11 is 0. The number of imide groups is 1. The molecule has 0 radical (unpaired) electrons. The van der Waals surface area contributed by atoms with Gasteiger partial charge in [-0.05, 0) is 6.07 Å². The number of rotatable bonds is 3. The highest BCUT2D eigenvalue weighted by Crippen LogP contribution is 2.35. The third-order valence-corrected chi connectivity index (χ3v) is 3.71. The molecule has 0 unspecified atom stereocenters. The summed E-state index contributed by atoms with van der Waals surface area (Å²) in [5.41, 5.74) is -2.44. The van der Waals surface area contributed by atoms with E-state index in [1.54, 1.807) is 6.07 Å². The van der Waals surface area contributed by atoms with E-state index in [1.165, 1.54) is 25.2 Å². The molecule has 1 aliphatic rings. The lowest BCUT2D eigenvalue weighted by atomic mass is 9.79. The topological polar surface area (TPSA) is 113 Å². The van der Waals surface area contributed by atoms with Gasteiger partial charge in [0.15, 0.2) is 6.04 Å². The number of methoxy groups -OCH3 is 1. The summed E-state index contributed by atoms with van der Waals surface area (Å²) in [6, 6.07) is 4.17. The Labute approximate surface area is 132 Å². The zero-order valence-electron chi connectivity index (χ0n) is 12.8. The van der Waals surface area contributed by atoms with Crippen molar-refractivity contribution < 1.29 is 29.0 Å². The van der Waals surface area contributed by atoms with Gasteiger partial charge in [-0.25, -0.2) is 4.79 Å². The number of ether oxygens (including phenoxy) is 1. The number of carbonyl (C=O) groups excluding carboxylic acids is 4. The van der Waals surface area contributed by atoms with Crippen molar-refractivity contribution in [1.29, 1.82) is 0 Å². The van der Waals surface area contributed by atoms with Crippen molar-refractivity contribution >= 4 is 23.7 Å². The Balaban J connectivity index is 2.71. The summed E-state index contributed by atoms with van der Waals surface area (Å²) in [6.07, 6.45) is 0. The molecule has 0 aliphatic carbocycles. The number of nitrogens with one attached hydrogen (secondary N) is 1. The smallest absolute Gasteiger partial charge is 0.332 e. The van der Waals surface area contributed by atoms with Gasteiger partial charge in [0.2, 0.25) is 11.5 Å². The van der Waals surface area contributed by atoms with Crippen LogP contribution in [0.2, 0.25) is 0 Å². The van der Waals surface area contributed by atoms with Crippen molar-refractivity contribution in [2.75, 3.05) is 14.2 Å². The Morgan fingerprint density at radius 1 is 1.30 bits per heavy atom. The summed E-state index contributed by atoms with van der Waals surface area (Å²) < 4.78 is 4.59. The largest absolute Gasteiger partial charge is 0.467 e. The molecule has 23 heavy (non-hydrogen) atoms. The Morgan fingerprint density at radius 2 is 1.91 bits per heavy atom. The van der Waals surface area contributed by atoms with Gasteiger partial charge in [0.25, 0.3) is 11.8 Å². The van der Waals surface area contributed by atoms with Crippen LogP contribution < -0.4 is 5.32 Å². The average Bonchev–Trinajstić information content (AvgIpc) is 2.55. The van der Waals surface area contributed by atoms with Crippen molar-refractivity contribution in [2.45, 2.75) is 18.6 Å². The number of hydrogen-bond acceptors (Lipinski definition) is 6. The van der Waals surface area contributed by atoms with Crippen LogP contribution in [0.25, 0.3) is 0 Å². The molecule has 0 aromatic heterocycles. The Morgan fingerprint density at radius 3 is 2.48 bits per heavy atom. The molecule has 8 nitrogen and oxygen atoms in total. The molecule has 1 aromatic rings. The Hall–Kier alpha value is -2.74. The molecule has 0 saturated heterocycles. The molecule has 8 heteroatoms. The number of amides is 3. The van der Waals surface area contributed by atoms with Gasteiger partial charge in [0.05, 0.1) is 7.11 Å². The minimum atomic E-state index is -2.45. The van der Waals surface area contributed by atoms with E-state index in [4.69, 9.17) is 0 Å². The van der Waals surface area contributed by atoms with Gasteiger partial charge in [0, 0.05) is 25.1 Å². The van der Waals surface area contributed by atoms with Gasteiger partial charge in [-0.1, -0.05) is 18.2 Å². The van der Waals surface area contributed by atoms with Gasteiger partial charge in [-0.3, -0.25) is 19.3 Å². The lowest BCUT2D eigenvalue weighted by Crippen LogP contribution is -2.65. The van der Waals surface area contributed by atoms with Crippen LogP contribution in [0, 0.1) is 0 Å². The number of nitrogens with zero attached hydrogens (tertiary/aromatic N) is 1. The Bertz CT molecular complexity index is 701. The van der Waals surface area contributed by atoms with Crippen LogP contribution in [0.3, 0.4) is 0 Å². The predicted octanol–water partition coefficient (Wildman–Crippen LogP) is -0.836. The van der Waals surface area contributed by atoms with Gasteiger partial charge < -0.3 is 15.2 Å². The van der Waals surface area contributed by atoms with Crippen molar-refractivity contribution in [3.8, 4) is 0 Å². The van der Waals surface area contributed by atoms with Gasteiger partial charge in [0.1, 0.15) is 0 Å². The first-order valence-corrected chi connectivity index (χ1v) is 6.74. The highest BCUT2D eigenvalue weighted by Gasteiger charge is 2.56. The number of likely N-dealkylation sites (N-methyl/N-ethyl adjacent to an activating group) is 1. The number of fused-ring (bicyclic) bond motifs is 1. The maximum Gasteiger partial charge on any atom is 0.332 e. The van der Waals surface area contributed by atoms with E-state index in [9.17, 15) is 24.3 Å². The van der Waals surface area contributed by atoms with E-state index in [-0.39, 0.29) is 11.1 Å². The van der Waals surface area contributed by atoms with Crippen molar-refractivity contribution in [2.24, 2.45) is 0 Å². The number of benzene rings is 1. The quantitative estimate of drug-likeness (QED) is 0.555. The monoisotopic (exact) mass is 320 g/mol. The van der Waals surface area contributed by atoms with E-state index >= 15 is 0 Å². The van der Waals surface area contributed by atoms with Crippen LogP contribution in [-0.4, -0.2) is 53.9 Å². The van der Waals surface area contributed by atoms with E-state index in [0.29, 0.717) is 4.90 Å². The fourth-order valence-electron chi connectivity index (χ4n) is 2.58. The van der Waals surface area contributed by atoms with E-state index in [0.717, 1.165) is 14.0 Å². The SMILES string of the molecule is COC(=O)[C@@H](NC(C)=O)[C@]1(O)C(=O)N(C)C(=O)c2ccccc21. The molecule has 2 N–H and O–H groups in total. The molecule has 122 valence electrons. The second-order valence-corrected chi connectivity index (χ2v) is 5.14. The maximum absolute atomic E-state index is 12.6. The molecule has 0 saturated carbocycles. The standard InChI is InChI=1S/C15H16N2O6/c1-8(18)16-11(13(20)23-3)15(22)10-7-5-4-6-9(10)12(19)17(2)14(15)21/h4-7,11,22H,1-3H3,(H,16,18)/t11-,15+/m1/s1. The van der Waals surface area contributed by atoms with Crippen LogP contribution >= 0.6 is 0 Å². The normalized spacial score (nSPS) is 21.5. The molecular formula is C15H16N2O6. The predicted molar refractivity (Wildman–Crippen MR) is 77.1 cm³/mol. The third-order valence-electron chi connectivity index (χ3n) is 3.71. The van der Waals surface area contributed by atoms with Gasteiger partial charge in [-0.15, -0.1) is 0 Å². The molecular weight excluding hydrogens is 304 g/mol. The zero-order chi connectivity index (χ0) is 17.4. The summed E-state index contributed by atoms with van der Waals surface area (Å²) in [6.45, 7) is 1.13. The average molecular weight is 320 g/mol. The van der Waals surface area contributed by atoms with E-state index < -0.39 is 35.3 Å². The van der Waals surface area contributed by atoms with Crippen molar-refractivity contribution in [3.05, 3.63) is 35.4 Å². The van der Waals surface area contributed by atoms with Gasteiger partial charge >= 0.3 is 5.97 Å². The summed E-state index contributed by atoms with van der Waals surface area (Å²) in [5, 5.41) is 13.3. The summed E-state index contributed by atoms with van der Waals surface area (Å²) in [7, 11) is 2.25. The van der Waals surface area contributed by atoms with Crippen molar-refractivity contribution in [1.82, 2.24) is 10.2 Å². The van der Waals surface area contributed by atoms with E-state index in [2.05, 4.69) is 10.1 Å². The number of esters is 1. The lowest BCUT2D eigenvalue weighted by molar-refractivity contribution is -0.167. The highest BCUT2D eigenvalue weighted by atomic mass is 16.5. The first-order chi connectivity index (χ1) is 10.7. The van der Waals surface area contributed by atoms with Crippen molar-refractivity contribution in [3.63, 3.8) is 0 Å². The van der Waals surface area contributed by atoms with Crippen LogP contribution in [-0.2, 0) is 24.7 Å². The number of carbonyl (C=O) groups is 4. The molecule has 2 rings (SSSR count). The first kappa shape index (κ1) is 16.6. The summed E-state index contributed by atoms with van der Waals surface area (Å²) in [4.78, 5) is 48.9. The molecule has 0 fully saturated rings. The molecule has 2 atom stereocenters. The fraction of sp³-hybridized carbons (Fsp3) is 0.333. The Kier molecular flexibility index (Phi) is 4.20. The minimum absolute atomic E-state index is 0.0581. The highest BCUT2D eigenvalue weighted by molar-refractivity contribution is 6.14. The molecule has 0 spiro atoms. The minimum Gasteiger partial charge on any atom is -0.467 e. The van der Waals surface area contributed by atoms with Crippen LogP contribution in [0.1, 0.15) is 22.8 Å². The van der Waals surface area contributed by atoms with Crippen LogP contribution in [0.4, 0.5) is 0 Å². The maximum atomic E-state index is 12.6. The lowest BCUT2D eigenvalue weighted by Gasteiger charge is -2.40. The number of aliphatic hydroxyl groups is 1. The first-order valence-electron chi connectivity index (χ1n) is 6.74. The summed E-state index contributed by atoms with van der Waals surface area (Å²) in [5.74, 6) is -3.28.